The quantitative estimate of drug-likeness (QED) is 0.620. The molecule has 0 heterocycles. The molecule has 0 aliphatic heterocycles. The van der Waals surface area contributed by atoms with Crippen molar-refractivity contribution >= 4 is 14.4 Å². The summed E-state index contributed by atoms with van der Waals surface area (Å²) in [4.78, 5) is 10.2. The Kier molecular flexibility index (Phi) is 13.8. The summed E-state index contributed by atoms with van der Waals surface area (Å²) in [5.41, 5.74) is 0.392. The fourth-order valence-electron chi connectivity index (χ4n) is 1.11. The van der Waals surface area contributed by atoms with Crippen molar-refractivity contribution in [3.8, 4) is 0 Å². The Labute approximate surface area is 104 Å². The van der Waals surface area contributed by atoms with Crippen LogP contribution >= 0.6 is 0 Å². The molecule has 0 unspecified atom stereocenters. The number of unbranched alkanes of at least 4 members (excludes halogenated alkanes) is 2. The van der Waals surface area contributed by atoms with Crippen LogP contribution < -0.4 is 0 Å². The Hall–Kier alpha value is 0.223. The summed E-state index contributed by atoms with van der Waals surface area (Å²) >= 11 is 0. The predicted molar refractivity (Wildman–Crippen MR) is 55.9 cm³/mol. The van der Waals surface area contributed by atoms with Gasteiger partial charge in [-0.3, -0.25) is 4.79 Å². The van der Waals surface area contributed by atoms with E-state index in [1.165, 1.54) is 6.42 Å². The van der Waals surface area contributed by atoms with E-state index in [1.807, 2.05) is 0 Å². The van der Waals surface area contributed by atoms with Crippen molar-refractivity contribution in [1.82, 2.24) is 0 Å². The molecule has 0 fully saturated rings. The Morgan fingerprint density at radius 1 is 1.14 bits per heavy atom. The van der Waals surface area contributed by atoms with Crippen molar-refractivity contribution in [2.45, 2.75) is 52.9 Å². The number of carbonyl (C=O) groups is 1. The van der Waals surface area contributed by atoms with E-state index >= 15 is 0 Å². The first-order chi connectivity index (χ1) is 5.42. The smallest absolute Gasteiger partial charge is 0.303 e. The van der Waals surface area contributed by atoms with E-state index in [0.29, 0.717) is 11.8 Å². The van der Waals surface area contributed by atoms with Crippen LogP contribution in [0, 0.1) is 5.41 Å². The second-order valence-electron chi connectivity index (χ2n) is 4.52. The van der Waals surface area contributed by atoms with Crippen molar-refractivity contribution in [3.05, 3.63) is 0 Å². The number of carboxylic acids is 1. The molecule has 14 heavy (non-hydrogen) atoms. The van der Waals surface area contributed by atoms with Gasteiger partial charge in [0.25, 0.3) is 0 Å². The van der Waals surface area contributed by atoms with Gasteiger partial charge in [0.2, 0.25) is 0 Å². The fourth-order valence-corrected chi connectivity index (χ4v) is 1.11. The first-order valence-corrected chi connectivity index (χ1v) is 4.63. The van der Waals surface area contributed by atoms with Crippen LogP contribution in [0.3, 0.4) is 0 Å². The van der Waals surface area contributed by atoms with Gasteiger partial charge in [0.15, 0.2) is 0 Å². The monoisotopic (exact) mass is 281 g/mol. The molecule has 81 valence electrons. The summed E-state index contributed by atoms with van der Waals surface area (Å²) in [5, 5.41) is 8.37. The topological polar surface area (TPSA) is 37.3 Å². The third kappa shape index (κ3) is 18.1. The van der Waals surface area contributed by atoms with Crippen LogP contribution in [0.1, 0.15) is 52.9 Å². The normalized spacial score (nSPS) is 9.93. The molecule has 4 heteroatoms. The molecule has 0 saturated carbocycles. The van der Waals surface area contributed by atoms with Gasteiger partial charge in [-0.05, 0) is 18.3 Å². The van der Waals surface area contributed by atoms with Crippen LogP contribution in [-0.4, -0.2) is 19.5 Å². The maximum absolute atomic E-state index is 10.2. The molecule has 0 aromatic heterocycles. The van der Waals surface area contributed by atoms with Gasteiger partial charge in [-0.15, -0.1) is 0 Å². The van der Waals surface area contributed by atoms with Gasteiger partial charge in [0.05, 0.1) is 0 Å². The molecule has 0 rings (SSSR count). The molecule has 0 aromatic carbocycles. The minimum Gasteiger partial charge on any atom is -0.481 e. The number of hydrogen-bond donors (Lipinski definition) is 1. The van der Waals surface area contributed by atoms with Gasteiger partial charge in [0.1, 0.15) is 0 Å². The number of hydrogen-bond acceptors (Lipinski definition) is 1. The Morgan fingerprint density at radius 3 is 2.00 bits per heavy atom. The first kappa shape index (κ1) is 19.7. The molecule has 0 aliphatic rings. The molecule has 3 radical (unpaired) electrons. The first-order valence-electron chi connectivity index (χ1n) is 4.63. The van der Waals surface area contributed by atoms with E-state index in [4.69, 9.17) is 5.11 Å². The maximum Gasteiger partial charge on any atom is 0.303 e. The number of carboxylic acid groups (broad SMARTS) is 1. The van der Waals surface area contributed by atoms with E-state index in [2.05, 4.69) is 20.8 Å². The molecule has 0 atom stereocenters. The molecular formula is C10H20BMoO2. The van der Waals surface area contributed by atoms with E-state index in [-0.39, 0.29) is 29.5 Å². The summed E-state index contributed by atoms with van der Waals surface area (Å²) in [5.74, 6) is -0.675. The van der Waals surface area contributed by atoms with Crippen LogP contribution in [0.25, 0.3) is 0 Å². The zero-order valence-corrected chi connectivity index (χ0v) is 11.4. The molecule has 0 aliphatic carbocycles. The second kappa shape index (κ2) is 9.77. The van der Waals surface area contributed by atoms with Crippen molar-refractivity contribution in [3.63, 3.8) is 0 Å². The molecular weight excluding hydrogens is 259 g/mol. The van der Waals surface area contributed by atoms with Crippen molar-refractivity contribution < 1.29 is 31.0 Å². The third-order valence-corrected chi connectivity index (χ3v) is 1.82. The van der Waals surface area contributed by atoms with Crippen molar-refractivity contribution in [2.24, 2.45) is 5.41 Å². The zero-order chi connectivity index (χ0) is 9.61. The number of rotatable bonds is 5. The van der Waals surface area contributed by atoms with Crippen LogP contribution in [0.5, 0.6) is 0 Å². The Bertz CT molecular complexity index is 144. The fraction of sp³-hybridized carbons (Fsp3) is 0.900. The van der Waals surface area contributed by atoms with Gasteiger partial charge in [-0.1, -0.05) is 33.6 Å². The summed E-state index contributed by atoms with van der Waals surface area (Å²) in [6, 6.07) is 0. The number of aliphatic carboxylic acids is 1. The van der Waals surface area contributed by atoms with Crippen LogP contribution in [0.4, 0.5) is 0 Å². The Morgan fingerprint density at radius 2 is 1.64 bits per heavy atom. The van der Waals surface area contributed by atoms with Crippen LogP contribution in [-0.2, 0) is 25.9 Å². The summed E-state index contributed by atoms with van der Waals surface area (Å²) in [7, 11) is 0. The molecule has 0 spiro atoms. The van der Waals surface area contributed by atoms with Crippen molar-refractivity contribution in [1.29, 1.82) is 0 Å². The van der Waals surface area contributed by atoms with Crippen LogP contribution in [0.2, 0.25) is 0 Å². The second-order valence-corrected chi connectivity index (χ2v) is 4.52. The van der Waals surface area contributed by atoms with Gasteiger partial charge >= 0.3 is 5.97 Å². The molecule has 0 amide bonds. The summed E-state index contributed by atoms with van der Waals surface area (Å²) < 4.78 is 0. The van der Waals surface area contributed by atoms with Gasteiger partial charge in [-0.25, -0.2) is 0 Å². The zero-order valence-electron chi connectivity index (χ0n) is 9.38. The van der Waals surface area contributed by atoms with Gasteiger partial charge < -0.3 is 5.11 Å². The average Bonchev–Trinajstić information content (AvgIpc) is 1.83. The Balaban J connectivity index is -0.000000605. The average molecular weight is 279 g/mol. The van der Waals surface area contributed by atoms with Crippen LogP contribution in [0.15, 0.2) is 0 Å². The largest absolute Gasteiger partial charge is 0.481 e. The minimum absolute atomic E-state index is 0. The predicted octanol–water partition coefficient (Wildman–Crippen LogP) is 2.68. The maximum atomic E-state index is 10.2. The molecule has 2 nitrogen and oxygen atoms in total. The molecule has 0 aromatic rings. The van der Waals surface area contributed by atoms with E-state index in [0.717, 1.165) is 19.3 Å². The van der Waals surface area contributed by atoms with Crippen molar-refractivity contribution in [2.75, 3.05) is 0 Å². The minimum atomic E-state index is -0.675. The molecule has 1 N–H and O–H groups in total. The molecule has 0 bridgehead atoms. The third-order valence-electron chi connectivity index (χ3n) is 1.82. The molecule has 0 saturated heterocycles. The SMILES string of the molecule is CC(C)(C)CCCCCC(=O)O.[B].[Mo]. The van der Waals surface area contributed by atoms with Gasteiger partial charge in [-0.2, -0.15) is 0 Å². The standard InChI is InChI=1S/C10H20O2.B.Mo/c1-10(2,3)8-6-4-5-7-9(11)12;;/h4-8H2,1-3H3,(H,11,12);;. The summed E-state index contributed by atoms with van der Waals surface area (Å²) in [6.07, 6.45) is 4.53. The summed E-state index contributed by atoms with van der Waals surface area (Å²) in [6.45, 7) is 6.64. The van der Waals surface area contributed by atoms with E-state index in [9.17, 15) is 4.79 Å². The van der Waals surface area contributed by atoms with E-state index in [1.54, 1.807) is 0 Å². The van der Waals surface area contributed by atoms with Gasteiger partial charge in [0, 0.05) is 35.9 Å². The van der Waals surface area contributed by atoms with E-state index < -0.39 is 5.97 Å².